The van der Waals surface area contributed by atoms with Crippen LogP contribution in [0.1, 0.15) is 6.92 Å². The van der Waals surface area contributed by atoms with Crippen LogP contribution in [0.5, 0.6) is 5.75 Å². The maximum absolute atomic E-state index is 12.4. The number of carbonyl (C=O) groups excluding carboxylic acids is 2. The van der Waals surface area contributed by atoms with Gasteiger partial charge in [-0.25, -0.2) is 0 Å². The van der Waals surface area contributed by atoms with Gasteiger partial charge in [-0.2, -0.15) is 0 Å². The van der Waals surface area contributed by atoms with E-state index in [1.54, 1.807) is 31.4 Å². The maximum atomic E-state index is 12.4. The minimum atomic E-state index is -0.381. The molecule has 0 aromatic heterocycles. The molecule has 0 spiro atoms. The Hall–Kier alpha value is -1.83. The van der Waals surface area contributed by atoms with Gasteiger partial charge in [-0.15, -0.1) is 12.4 Å². The Labute approximate surface area is 148 Å². The van der Waals surface area contributed by atoms with Crippen LogP contribution in [0.3, 0.4) is 0 Å². The quantitative estimate of drug-likeness (QED) is 0.790. The molecule has 1 aliphatic heterocycles. The van der Waals surface area contributed by atoms with Crippen LogP contribution in [0.15, 0.2) is 24.3 Å². The minimum absolute atomic E-state index is 0. The van der Waals surface area contributed by atoms with Gasteiger partial charge in [0, 0.05) is 24.8 Å². The zero-order valence-corrected chi connectivity index (χ0v) is 14.7. The second kappa shape index (κ2) is 10.1. The summed E-state index contributed by atoms with van der Waals surface area (Å²) in [5.74, 6) is 0.299. The van der Waals surface area contributed by atoms with E-state index in [0.29, 0.717) is 37.7 Å². The number of hydrogen-bond acceptors (Lipinski definition) is 5. The van der Waals surface area contributed by atoms with Gasteiger partial charge in [0.05, 0.1) is 26.9 Å². The van der Waals surface area contributed by atoms with Gasteiger partial charge in [-0.1, -0.05) is 6.07 Å². The SMILES string of the molecule is CCN(CC(=O)Nc1cccc(OC)c1)C(=O)C1COCCN1.Cl. The predicted octanol–water partition coefficient (Wildman–Crippen LogP) is 0.892. The Morgan fingerprint density at radius 2 is 2.25 bits per heavy atom. The molecule has 1 unspecified atom stereocenters. The van der Waals surface area contributed by atoms with Crippen LogP contribution in [-0.2, 0) is 14.3 Å². The summed E-state index contributed by atoms with van der Waals surface area (Å²) >= 11 is 0. The lowest BCUT2D eigenvalue weighted by Gasteiger charge is -2.28. The number of rotatable bonds is 6. The van der Waals surface area contributed by atoms with Crippen molar-refractivity contribution in [2.45, 2.75) is 13.0 Å². The maximum Gasteiger partial charge on any atom is 0.243 e. The lowest BCUT2D eigenvalue weighted by molar-refractivity contribution is -0.138. The molecular formula is C16H24ClN3O4. The number of methoxy groups -OCH3 is 1. The molecule has 134 valence electrons. The fraction of sp³-hybridized carbons (Fsp3) is 0.500. The first-order valence-corrected chi connectivity index (χ1v) is 7.68. The molecule has 24 heavy (non-hydrogen) atoms. The second-order valence-electron chi connectivity index (χ2n) is 5.21. The highest BCUT2D eigenvalue weighted by Gasteiger charge is 2.26. The minimum Gasteiger partial charge on any atom is -0.497 e. The van der Waals surface area contributed by atoms with Crippen molar-refractivity contribution >= 4 is 29.9 Å². The van der Waals surface area contributed by atoms with Gasteiger partial charge in [0.15, 0.2) is 0 Å². The summed E-state index contributed by atoms with van der Waals surface area (Å²) in [6.07, 6.45) is 0. The first-order chi connectivity index (χ1) is 11.1. The van der Waals surface area contributed by atoms with E-state index in [0.717, 1.165) is 0 Å². The van der Waals surface area contributed by atoms with E-state index in [1.165, 1.54) is 4.90 Å². The van der Waals surface area contributed by atoms with E-state index in [2.05, 4.69) is 10.6 Å². The lowest BCUT2D eigenvalue weighted by atomic mass is 10.2. The first-order valence-electron chi connectivity index (χ1n) is 7.68. The van der Waals surface area contributed by atoms with Gasteiger partial charge in [0.25, 0.3) is 0 Å². The number of carbonyl (C=O) groups is 2. The summed E-state index contributed by atoms with van der Waals surface area (Å²) in [6.45, 7) is 3.90. The van der Waals surface area contributed by atoms with E-state index in [9.17, 15) is 9.59 Å². The molecular weight excluding hydrogens is 334 g/mol. The van der Waals surface area contributed by atoms with E-state index in [4.69, 9.17) is 9.47 Å². The van der Waals surface area contributed by atoms with Crippen LogP contribution in [0.25, 0.3) is 0 Å². The number of likely N-dealkylation sites (N-methyl/N-ethyl adjacent to an activating group) is 1. The van der Waals surface area contributed by atoms with Crippen LogP contribution < -0.4 is 15.4 Å². The average molecular weight is 358 g/mol. The molecule has 8 heteroatoms. The van der Waals surface area contributed by atoms with Crippen molar-refractivity contribution in [2.24, 2.45) is 0 Å². The highest BCUT2D eigenvalue weighted by Crippen LogP contribution is 2.16. The molecule has 2 N–H and O–H groups in total. The third-order valence-corrected chi connectivity index (χ3v) is 3.60. The Bertz CT molecular complexity index is 550. The van der Waals surface area contributed by atoms with Crippen molar-refractivity contribution in [2.75, 3.05) is 45.3 Å². The van der Waals surface area contributed by atoms with E-state index >= 15 is 0 Å². The zero-order chi connectivity index (χ0) is 16.7. The molecule has 1 aromatic carbocycles. The summed E-state index contributed by atoms with van der Waals surface area (Å²) in [4.78, 5) is 26.1. The van der Waals surface area contributed by atoms with Crippen LogP contribution in [0.2, 0.25) is 0 Å². The Kier molecular flexibility index (Phi) is 8.53. The summed E-state index contributed by atoms with van der Waals surface area (Å²) < 4.78 is 10.4. The largest absolute Gasteiger partial charge is 0.497 e. The Morgan fingerprint density at radius 1 is 1.46 bits per heavy atom. The number of hydrogen-bond donors (Lipinski definition) is 2. The van der Waals surface area contributed by atoms with Crippen LogP contribution >= 0.6 is 12.4 Å². The van der Waals surface area contributed by atoms with Crippen molar-refractivity contribution < 1.29 is 19.1 Å². The van der Waals surface area contributed by atoms with Crippen molar-refractivity contribution in [3.63, 3.8) is 0 Å². The molecule has 0 aliphatic carbocycles. The van der Waals surface area contributed by atoms with Gasteiger partial charge >= 0.3 is 0 Å². The molecule has 1 aromatic rings. The number of nitrogens with zero attached hydrogens (tertiary/aromatic N) is 1. The van der Waals surface area contributed by atoms with Crippen molar-refractivity contribution in [1.29, 1.82) is 0 Å². The monoisotopic (exact) mass is 357 g/mol. The Balaban J connectivity index is 0.00000288. The fourth-order valence-electron chi connectivity index (χ4n) is 2.36. The molecule has 2 amide bonds. The smallest absolute Gasteiger partial charge is 0.243 e. The molecule has 1 saturated heterocycles. The number of halogens is 1. The summed E-state index contributed by atoms with van der Waals surface area (Å²) in [6, 6.07) is 6.71. The van der Waals surface area contributed by atoms with Gasteiger partial charge in [0.2, 0.25) is 11.8 Å². The highest BCUT2D eigenvalue weighted by molar-refractivity contribution is 5.95. The van der Waals surface area contributed by atoms with E-state index in [-0.39, 0.29) is 36.8 Å². The average Bonchev–Trinajstić information content (AvgIpc) is 2.60. The molecule has 1 fully saturated rings. The van der Waals surface area contributed by atoms with Crippen LogP contribution in [0, 0.1) is 0 Å². The third-order valence-electron chi connectivity index (χ3n) is 3.60. The normalized spacial score (nSPS) is 16.7. The van der Waals surface area contributed by atoms with Gasteiger partial charge < -0.3 is 25.0 Å². The van der Waals surface area contributed by atoms with Gasteiger partial charge in [-0.05, 0) is 19.1 Å². The predicted molar refractivity (Wildman–Crippen MR) is 93.7 cm³/mol. The number of nitrogens with one attached hydrogen (secondary N) is 2. The van der Waals surface area contributed by atoms with Gasteiger partial charge in [0.1, 0.15) is 11.8 Å². The summed E-state index contributed by atoms with van der Waals surface area (Å²) in [7, 11) is 1.57. The number of ether oxygens (including phenoxy) is 2. The molecule has 0 saturated carbocycles. The third kappa shape index (κ3) is 5.67. The van der Waals surface area contributed by atoms with Crippen LogP contribution in [-0.4, -0.2) is 62.7 Å². The molecule has 0 bridgehead atoms. The summed E-state index contributed by atoms with van der Waals surface area (Å²) in [5.41, 5.74) is 0.636. The number of amides is 2. The molecule has 1 aliphatic rings. The number of benzene rings is 1. The fourth-order valence-corrected chi connectivity index (χ4v) is 2.36. The van der Waals surface area contributed by atoms with Crippen molar-refractivity contribution in [3.05, 3.63) is 24.3 Å². The summed E-state index contributed by atoms with van der Waals surface area (Å²) in [5, 5.41) is 5.88. The highest BCUT2D eigenvalue weighted by atomic mass is 35.5. The second-order valence-corrected chi connectivity index (χ2v) is 5.21. The molecule has 7 nitrogen and oxygen atoms in total. The molecule has 1 heterocycles. The number of morpholine rings is 1. The topological polar surface area (TPSA) is 79.9 Å². The number of anilines is 1. The Morgan fingerprint density at radius 3 is 2.88 bits per heavy atom. The first kappa shape index (κ1) is 20.2. The zero-order valence-electron chi connectivity index (χ0n) is 13.9. The lowest BCUT2D eigenvalue weighted by Crippen LogP contribution is -2.53. The van der Waals surface area contributed by atoms with Crippen LogP contribution in [0.4, 0.5) is 5.69 Å². The standard InChI is InChI=1S/C16H23N3O4.ClH/c1-3-19(16(21)14-11-23-8-7-17-14)10-15(20)18-12-5-4-6-13(9-12)22-2;/h4-6,9,14,17H,3,7-8,10-11H2,1-2H3,(H,18,20);1H. The molecule has 1 atom stereocenters. The van der Waals surface area contributed by atoms with E-state index in [1.807, 2.05) is 6.92 Å². The molecule has 0 radical (unpaired) electrons. The van der Waals surface area contributed by atoms with Crippen molar-refractivity contribution in [1.82, 2.24) is 10.2 Å². The van der Waals surface area contributed by atoms with Crippen molar-refractivity contribution in [3.8, 4) is 5.75 Å². The van der Waals surface area contributed by atoms with E-state index < -0.39 is 0 Å². The molecule has 2 rings (SSSR count). The van der Waals surface area contributed by atoms with Gasteiger partial charge in [-0.3, -0.25) is 9.59 Å².